The van der Waals surface area contributed by atoms with Gasteiger partial charge in [0.25, 0.3) is 0 Å². The molecule has 0 aliphatic rings. The predicted octanol–water partition coefficient (Wildman–Crippen LogP) is 6.96. The van der Waals surface area contributed by atoms with Gasteiger partial charge in [0.1, 0.15) is 0 Å². The molecule has 126 valence electrons. The molecule has 0 aliphatic carbocycles. The molecule has 3 aromatic carbocycles. The summed E-state index contributed by atoms with van der Waals surface area (Å²) in [4.78, 5) is 0. The van der Waals surface area contributed by atoms with Crippen molar-refractivity contribution in [2.45, 2.75) is 0 Å². The molecule has 0 saturated carbocycles. The lowest BCUT2D eigenvalue weighted by Crippen LogP contribution is -2.22. The lowest BCUT2D eigenvalue weighted by Gasteiger charge is -2.31. The lowest BCUT2D eigenvalue weighted by molar-refractivity contribution is 1.16. The maximum atomic E-state index is 12.2. The fraction of sp³-hybridized carbons (Fsp3) is 0. The van der Waals surface area contributed by atoms with Crippen molar-refractivity contribution in [1.82, 2.24) is 0 Å². The van der Waals surface area contributed by atoms with Crippen LogP contribution in [0.4, 0.5) is 22.7 Å². The van der Waals surface area contributed by atoms with Crippen LogP contribution in [-0.4, -0.2) is 0 Å². The first-order valence-corrected chi connectivity index (χ1v) is 8.96. The molecule has 0 unspecified atom stereocenters. The highest BCUT2D eigenvalue weighted by atomic mass is 79.9. The summed E-state index contributed by atoms with van der Waals surface area (Å²) in [6.45, 7) is 0. The third-order valence-corrected chi connectivity index (χ3v) is 4.32. The van der Waals surface area contributed by atoms with Crippen molar-refractivity contribution in [2.75, 3.05) is 10.6 Å². The Morgan fingerprint density at radius 1 is 0.680 bits per heavy atom. The minimum absolute atomic E-state index is 0.477. The number of anilines is 2. The van der Waals surface area contributed by atoms with E-state index in [-0.39, 0.29) is 0 Å². The van der Waals surface area contributed by atoms with Gasteiger partial charge in [-0.1, -0.05) is 31.9 Å². The van der Waals surface area contributed by atoms with Crippen LogP contribution in [0.15, 0.2) is 92.0 Å². The molecule has 0 fully saturated rings. The number of hydrazine groups is 1. The molecule has 0 aliphatic heterocycles. The Kier molecular flexibility index (Phi) is 5.80. The van der Waals surface area contributed by atoms with Crippen molar-refractivity contribution in [3.63, 3.8) is 0 Å². The summed E-state index contributed by atoms with van der Waals surface area (Å²) >= 11 is 6.73. The zero-order valence-corrected chi connectivity index (χ0v) is 16.1. The highest BCUT2D eigenvalue weighted by Gasteiger charge is 1.98. The first kappa shape index (κ1) is 17.6. The van der Waals surface area contributed by atoms with Crippen molar-refractivity contribution < 1.29 is 0 Å². The molecule has 0 radical (unpaired) electrons. The van der Waals surface area contributed by atoms with E-state index in [0.717, 1.165) is 14.6 Å². The number of rotatable bonds is 5. The molecule has 1 N–H and O–H groups in total. The fourth-order valence-electron chi connectivity index (χ4n) is 1.98. The summed E-state index contributed by atoms with van der Waals surface area (Å²) in [7, 11) is 0. The van der Waals surface area contributed by atoms with Gasteiger partial charge in [0, 0.05) is 14.6 Å². The molecule has 3 rings (SSSR count). The standard InChI is InChI=1S/C18H13Br2N4O/c19-13-1-5-15(6-2-13)21-22-16-9-11-18(12-10-16)24(25)23-17-7-3-14(20)4-8-17/h1-12,23H/q-1. The molecule has 0 heterocycles. The van der Waals surface area contributed by atoms with E-state index < -0.39 is 0 Å². The Labute approximate surface area is 162 Å². The first-order valence-electron chi connectivity index (χ1n) is 7.37. The Hall–Kier alpha value is -2.22. The van der Waals surface area contributed by atoms with Crippen molar-refractivity contribution in [2.24, 2.45) is 10.2 Å². The number of azo groups is 1. The van der Waals surface area contributed by atoms with E-state index in [4.69, 9.17) is 0 Å². The number of nitrogens with one attached hydrogen (secondary N) is 1. The molecule has 3 aromatic rings. The molecular weight excluding hydrogens is 448 g/mol. The highest BCUT2D eigenvalue weighted by Crippen LogP contribution is 2.24. The largest absolute Gasteiger partial charge is 0.739 e. The van der Waals surface area contributed by atoms with Crippen molar-refractivity contribution in [3.05, 3.63) is 86.9 Å². The maximum absolute atomic E-state index is 12.2. The second-order valence-corrected chi connectivity index (χ2v) is 6.94. The van der Waals surface area contributed by atoms with E-state index in [2.05, 4.69) is 47.5 Å². The van der Waals surface area contributed by atoms with E-state index in [9.17, 15) is 5.21 Å². The van der Waals surface area contributed by atoms with Gasteiger partial charge in [-0.25, -0.2) is 0 Å². The molecular formula is C18H13Br2N4O-. The van der Waals surface area contributed by atoms with Crippen molar-refractivity contribution in [3.8, 4) is 0 Å². The van der Waals surface area contributed by atoms with E-state index in [0.29, 0.717) is 22.2 Å². The quantitative estimate of drug-likeness (QED) is 0.330. The molecule has 0 aromatic heterocycles. The SMILES string of the molecule is [O-]N(Nc1ccc(Br)cc1)c1ccc(N=Nc2ccc(Br)cc2)cc1. The third kappa shape index (κ3) is 5.12. The average Bonchev–Trinajstić information content (AvgIpc) is 2.63. The maximum Gasteiger partial charge on any atom is 0.0858 e. The Morgan fingerprint density at radius 3 is 1.64 bits per heavy atom. The molecule has 5 nitrogen and oxygen atoms in total. The van der Waals surface area contributed by atoms with E-state index in [1.54, 1.807) is 24.3 Å². The van der Waals surface area contributed by atoms with Crippen LogP contribution < -0.4 is 10.6 Å². The van der Waals surface area contributed by atoms with Crippen LogP contribution in [0, 0.1) is 5.21 Å². The van der Waals surface area contributed by atoms with Gasteiger partial charge in [0.2, 0.25) is 0 Å². The number of benzene rings is 3. The van der Waals surface area contributed by atoms with Crippen LogP contribution in [-0.2, 0) is 0 Å². The Morgan fingerprint density at radius 2 is 1.12 bits per heavy atom. The molecule has 25 heavy (non-hydrogen) atoms. The van der Waals surface area contributed by atoms with Gasteiger partial charge < -0.3 is 15.8 Å². The van der Waals surface area contributed by atoms with E-state index >= 15 is 0 Å². The fourth-order valence-corrected chi connectivity index (χ4v) is 2.51. The predicted molar refractivity (Wildman–Crippen MR) is 108 cm³/mol. The molecule has 0 spiro atoms. The minimum Gasteiger partial charge on any atom is -0.739 e. The smallest absolute Gasteiger partial charge is 0.0858 e. The number of hydrogen-bond donors (Lipinski definition) is 1. The summed E-state index contributed by atoms with van der Waals surface area (Å²) < 4.78 is 1.95. The summed E-state index contributed by atoms with van der Waals surface area (Å²) in [6, 6.07) is 21.8. The first-order chi connectivity index (χ1) is 12.1. The second kappa shape index (κ2) is 8.24. The zero-order chi connectivity index (χ0) is 17.6. The summed E-state index contributed by atoms with van der Waals surface area (Å²) in [5.41, 5.74) is 5.38. The normalized spacial score (nSPS) is 10.8. The topological polar surface area (TPSA) is 63.0 Å². The third-order valence-electron chi connectivity index (χ3n) is 3.27. The van der Waals surface area contributed by atoms with Gasteiger partial charge in [-0.05, 0) is 72.8 Å². The molecule has 0 amide bonds. The second-order valence-electron chi connectivity index (χ2n) is 5.11. The van der Waals surface area contributed by atoms with Crippen LogP contribution in [0.2, 0.25) is 0 Å². The monoisotopic (exact) mass is 459 g/mol. The number of nitrogens with zero attached hydrogens (tertiary/aromatic N) is 3. The van der Waals surface area contributed by atoms with Gasteiger partial charge in [-0.15, -0.1) is 0 Å². The lowest BCUT2D eigenvalue weighted by atomic mass is 10.3. The minimum atomic E-state index is 0.477. The van der Waals surface area contributed by atoms with Crippen LogP contribution in [0.1, 0.15) is 0 Å². The molecule has 7 heteroatoms. The van der Waals surface area contributed by atoms with Gasteiger partial charge in [-0.3, -0.25) is 0 Å². The van der Waals surface area contributed by atoms with Crippen molar-refractivity contribution in [1.29, 1.82) is 0 Å². The molecule has 0 bridgehead atoms. The van der Waals surface area contributed by atoms with Crippen LogP contribution >= 0.6 is 31.9 Å². The molecule has 0 saturated heterocycles. The Bertz CT molecular complexity index is 850. The van der Waals surface area contributed by atoms with Gasteiger partial charge >= 0.3 is 0 Å². The zero-order valence-electron chi connectivity index (χ0n) is 12.9. The van der Waals surface area contributed by atoms with Gasteiger partial charge in [0.05, 0.1) is 17.1 Å². The van der Waals surface area contributed by atoms with E-state index in [1.807, 2.05) is 48.5 Å². The average molecular weight is 461 g/mol. The van der Waals surface area contributed by atoms with Crippen LogP contribution in [0.3, 0.4) is 0 Å². The van der Waals surface area contributed by atoms with Gasteiger partial charge in [-0.2, -0.15) is 10.2 Å². The Balaban J connectivity index is 1.64. The number of halogens is 2. The van der Waals surface area contributed by atoms with Gasteiger partial charge in [0.15, 0.2) is 0 Å². The highest BCUT2D eigenvalue weighted by molar-refractivity contribution is 9.10. The van der Waals surface area contributed by atoms with Crippen LogP contribution in [0.25, 0.3) is 0 Å². The van der Waals surface area contributed by atoms with Crippen molar-refractivity contribution >= 4 is 54.6 Å². The summed E-state index contributed by atoms with van der Waals surface area (Å²) in [6.07, 6.45) is 0. The van der Waals surface area contributed by atoms with Crippen LogP contribution in [0.5, 0.6) is 0 Å². The van der Waals surface area contributed by atoms with E-state index in [1.165, 1.54) is 0 Å². The number of hydrogen-bond acceptors (Lipinski definition) is 5. The summed E-state index contributed by atoms with van der Waals surface area (Å²) in [5.74, 6) is 0. The summed E-state index contributed by atoms with van der Waals surface area (Å²) in [5, 5.41) is 21.2. The molecule has 0 atom stereocenters.